The first-order chi connectivity index (χ1) is 29.6. The molecule has 5 atom stereocenters. The molecule has 0 aliphatic carbocycles. The number of carbonyl (C=O) groups excluding carboxylic acids is 3. The Hall–Kier alpha value is -6.81. The van der Waals surface area contributed by atoms with Crippen molar-refractivity contribution >= 4 is 52.5 Å². The van der Waals surface area contributed by atoms with Gasteiger partial charge >= 0.3 is 17.9 Å². The van der Waals surface area contributed by atoms with E-state index >= 15 is 0 Å². The number of esters is 1. The van der Waals surface area contributed by atoms with Crippen LogP contribution in [0.2, 0.25) is 0 Å². The lowest BCUT2D eigenvalue weighted by atomic mass is 10.00. The van der Waals surface area contributed by atoms with Gasteiger partial charge in [-0.3, -0.25) is 9.59 Å². The van der Waals surface area contributed by atoms with E-state index < -0.39 is 24.0 Å². The number of nitrogen functional groups attached to an aromatic ring is 3. The zero-order valence-electron chi connectivity index (χ0n) is 36.9. The van der Waals surface area contributed by atoms with Gasteiger partial charge in [-0.25, -0.2) is 14.0 Å². The number of aromatic carboxylic acids is 2. The van der Waals surface area contributed by atoms with Crippen molar-refractivity contribution in [1.29, 1.82) is 0 Å². The maximum Gasteiger partial charge on any atom is 0.339 e. The van der Waals surface area contributed by atoms with Gasteiger partial charge in [0.05, 0.1) is 17.8 Å². The number of carboxylic acid groups (broad SMARTS) is 2. The van der Waals surface area contributed by atoms with Crippen molar-refractivity contribution < 1.29 is 53.2 Å². The number of carbonyl (C=O) groups is 5. The average Bonchev–Trinajstić information content (AvgIpc) is 3.46. The topological polar surface area (TPSA) is 281 Å². The van der Waals surface area contributed by atoms with Gasteiger partial charge in [0, 0.05) is 42.7 Å². The molecule has 16 heteroatoms. The van der Waals surface area contributed by atoms with Gasteiger partial charge in [0.25, 0.3) is 0 Å². The Morgan fingerprint density at radius 2 is 1.27 bits per heavy atom. The van der Waals surface area contributed by atoms with Gasteiger partial charge in [-0.15, -0.1) is 0 Å². The Labute approximate surface area is 375 Å². The molecule has 1 fully saturated rings. The number of hydrogen-bond acceptors (Lipinski definition) is 11. The fraction of sp³-hybridized carbons (Fsp3) is 0.375. The van der Waals surface area contributed by atoms with Gasteiger partial charge in [0.2, 0.25) is 5.91 Å². The number of anilines is 3. The number of para-hydroxylation sites is 2. The van der Waals surface area contributed by atoms with E-state index in [0.29, 0.717) is 30.5 Å². The molecule has 1 heterocycles. The number of Topliss-reactive ketones (excluding diaryl/α,β-unsaturated/α-hetero) is 1. The molecule has 0 aromatic heterocycles. The Kier molecular flexibility index (Phi) is 26.3. The maximum absolute atomic E-state index is 12.5. The number of nitrogens with zero attached hydrogens (tertiary/aromatic N) is 1. The van der Waals surface area contributed by atoms with Crippen LogP contribution in [-0.4, -0.2) is 75.2 Å². The summed E-state index contributed by atoms with van der Waals surface area (Å²) in [5, 5.41) is 26.0. The Bertz CT molecular complexity index is 2150. The van der Waals surface area contributed by atoms with Crippen LogP contribution in [0.3, 0.4) is 0 Å². The van der Waals surface area contributed by atoms with Crippen LogP contribution < -0.4 is 22.9 Å². The van der Waals surface area contributed by atoms with E-state index in [-0.39, 0.29) is 67.0 Å². The zero-order chi connectivity index (χ0) is 47.8. The second kappa shape index (κ2) is 29.5. The number of aliphatic imine (C=N–C) groups is 1. The van der Waals surface area contributed by atoms with Gasteiger partial charge in [-0.1, -0.05) is 75.9 Å². The minimum atomic E-state index is -1.29. The highest BCUT2D eigenvalue weighted by Gasteiger charge is 2.39. The van der Waals surface area contributed by atoms with Crippen LogP contribution in [0, 0.1) is 12.8 Å². The van der Waals surface area contributed by atoms with Crippen molar-refractivity contribution in [3.8, 4) is 5.75 Å². The van der Waals surface area contributed by atoms with Crippen LogP contribution in [0.25, 0.3) is 0 Å². The zero-order valence-corrected chi connectivity index (χ0v) is 36.9. The van der Waals surface area contributed by atoms with Gasteiger partial charge in [0.1, 0.15) is 29.0 Å². The summed E-state index contributed by atoms with van der Waals surface area (Å²) < 4.78 is 23.7. The van der Waals surface area contributed by atoms with Crippen LogP contribution in [0.15, 0.2) is 96.0 Å². The molecule has 5 unspecified atom stereocenters. The molecule has 1 saturated heterocycles. The lowest BCUT2D eigenvalue weighted by molar-refractivity contribution is -0.152. The highest BCUT2D eigenvalue weighted by Crippen LogP contribution is 2.29. The molecule has 4 aromatic carbocycles. The van der Waals surface area contributed by atoms with Crippen LogP contribution in [0.1, 0.15) is 106 Å². The number of nitrogens with two attached hydrogens (primary N) is 4. The first-order valence-electron chi connectivity index (χ1n) is 20.2. The number of aromatic hydroxyl groups is 1. The van der Waals surface area contributed by atoms with E-state index in [9.17, 15) is 28.4 Å². The van der Waals surface area contributed by atoms with Crippen LogP contribution in [-0.2, 0) is 36.7 Å². The summed E-state index contributed by atoms with van der Waals surface area (Å²) in [6, 6.07) is 26.0. The number of ketones is 1. The number of hydrogen-bond donors (Lipinski definition) is 7. The molecule has 0 bridgehead atoms. The predicted octanol–water partition coefficient (Wildman–Crippen LogP) is 7.99. The van der Waals surface area contributed by atoms with Crippen LogP contribution >= 0.6 is 0 Å². The molecular weight excluding hydrogens is 826 g/mol. The number of alkyl halides is 1. The van der Waals surface area contributed by atoms with Crippen molar-refractivity contribution in [1.82, 2.24) is 0 Å². The molecule has 1 amide bonds. The van der Waals surface area contributed by atoms with Crippen molar-refractivity contribution in [2.45, 2.75) is 112 Å². The molecule has 0 saturated carbocycles. The highest BCUT2D eigenvalue weighted by molar-refractivity contribution is 5.95. The number of carboxylic acids is 2. The SMILES string of the molecule is C.CC(=O)CCc1ccccc1N.CC1OC(C)C(OC(=O)CCc2ccccc2N)C1C.CCC(F)C(N)=NC(C)=O.Cc1ccccc1C(=O)O.Nc1ccc(O)c(C(=O)O)c1. The number of rotatable bonds is 11. The van der Waals surface area contributed by atoms with Crippen molar-refractivity contribution in [2.75, 3.05) is 17.2 Å². The number of halogens is 1. The molecule has 4 aromatic rings. The second-order valence-corrected chi connectivity index (χ2v) is 14.6. The molecule has 5 rings (SSSR count). The van der Waals surface area contributed by atoms with Gasteiger partial charge in [0.15, 0.2) is 6.17 Å². The average molecular weight is 892 g/mol. The monoisotopic (exact) mass is 891 g/mol. The summed E-state index contributed by atoms with van der Waals surface area (Å²) in [6.07, 6.45) is 1.20. The lowest BCUT2D eigenvalue weighted by Gasteiger charge is -2.19. The van der Waals surface area contributed by atoms with E-state index in [2.05, 4.69) is 11.9 Å². The fourth-order valence-corrected chi connectivity index (χ4v) is 5.72. The molecule has 1 aliphatic rings. The first kappa shape index (κ1) is 57.2. The van der Waals surface area contributed by atoms with E-state index in [1.54, 1.807) is 39.0 Å². The molecule has 1 aliphatic heterocycles. The van der Waals surface area contributed by atoms with Crippen LogP contribution in [0.4, 0.5) is 21.5 Å². The number of ether oxygens (including phenoxy) is 2. The molecule has 15 nitrogen and oxygen atoms in total. The molecule has 0 radical (unpaired) electrons. The minimum Gasteiger partial charge on any atom is -0.507 e. The normalized spacial score (nSPS) is 16.4. The number of phenols is 1. The predicted molar refractivity (Wildman–Crippen MR) is 250 cm³/mol. The standard InChI is InChI=1S/C16H23NO3.C10H13NO.C8H8O2.C7H7NO3.C6H11FN2O.CH4/c1-10-11(2)19-12(3)16(10)20-15(18)9-8-13-6-4-5-7-14(13)17;1-8(12)6-7-9-4-2-3-5-10(9)11;1-6-4-2-3-5-7(6)8(9)10;8-4-1-2-6(9)5(3-4)7(10)11;1-3-5(7)6(8)9-4(2)10;/h4-7,10-12,16H,8-9,17H2,1-3H3;2-5H,6-7,11H2,1H3;2-5H,1H3,(H,9,10);1-3,9H,8H2,(H,10,11);5H,3H2,1-2H3,(H2,8,9,10);1H4. The number of aryl methyl sites for hydroxylation is 3. The third-order valence-electron chi connectivity index (χ3n) is 9.47. The maximum atomic E-state index is 12.5. The molecule has 64 heavy (non-hydrogen) atoms. The molecular formula is C48H66FN5O10. The Balaban J connectivity index is 0.000000798. The van der Waals surface area contributed by atoms with Crippen LogP contribution in [0.5, 0.6) is 5.75 Å². The fourth-order valence-electron chi connectivity index (χ4n) is 5.72. The van der Waals surface area contributed by atoms with Crippen molar-refractivity contribution in [3.05, 3.63) is 119 Å². The van der Waals surface area contributed by atoms with E-state index in [1.807, 2.05) is 68.4 Å². The highest BCUT2D eigenvalue weighted by atomic mass is 19.1. The third kappa shape index (κ3) is 21.3. The number of amidine groups is 1. The third-order valence-corrected chi connectivity index (χ3v) is 9.47. The summed E-state index contributed by atoms with van der Waals surface area (Å²) in [6.45, 7) is 12.3. The summed E-state index contributed by atoms with van der Waals surface area (Å²) >= 11 is 0. The molecule has 0 spiro atoms. The summed E-state index contributed by atoms with van der Waals surface area (Å²) in [5.74, 6) is -2.76. The van der Waals surface area contributed by atoms with E-state index in [0.717, 1.165) is 34.5 Å². The molecule has 350 valence electrons. The van der Waals surface area contributed by atoms with E-state index in [1.165, 1.54) is 25.1 Å². The quantitative estimate of drug-likeness (QED) is 0.0247. The first-order valence-corrected chi connectivity index (χ1v) is 20.2. The number of amides is 1. The Morgan fingerprint density at radius 3 is 1.67 bits per heavy atom. The Morgan fingerprint density at radius 1 is 0.766 bits per heavy atom. The molecule has 11 N–H and O–H groups in total. The second-order valence-electron chi connectivity index (χ2n) is 14.6. The summed E-state index contributed by atoms with van der Waals surface area (Å²) in [4.78, 5) is 56.9. The summed E-state index contributed by atoms with van der Waals surface area (Å²) in [7, 11) is 0. The largest absolute Gasteiger partial charge is 0.507 e. The van der Waals surface area contributed by atoms with Crippen molar-refractivity contribution in [3.63, 3.8) is 0 Å². The smallest absolute Gasteiger partial charge is 0.339 e. The van der Waals surface area contributed by atoms with E-state index in [4.69, 9.17) is 47.7 Å². The lowest BCUT2D eigenvalue weighted by Crippen LogP contribution is -2.30. The van der Waals surface area contributed by atoms with Gasteiger partial charge in [-0.05, 0) is 100 Å². The minimum absolute atomic E-state index is 0. The van der Waals surface area contributed by atoms with Crippen molar-refractivity contribution in [2.24, 2.45) is 16.6 Å². The summed E-state index contributed by atoms with van der Waals surface area (Å²) in [5.41, 5.74) is 26.8. The van der Waals surface area contributed by atoms with Gasteiger partial charge in [-0.2, -0.15) is 4.99 Å². The number of benzene rings is 4. The van der Waals surface area contributed by atoms with Gasteiger partial charge < -0.3 is 52.5 Å².